The molecule has 1 N–H and O–H groups in total. The van der Waals surface area contributed by atoms with Gasteiger partial charge < -0.3 is 0 Å². The summed E-state index contributed by atoms with van der Waals surface area (Å²) in [6, 6.07) is 0. The van der Waals surface area contributed by atoms with Gasteiger partial charge in [-0.05, 0) is 0 Å². The maximum absolute atomic E-state index is 10.3. The Hall–Kier alpha value is -0.130. The van der Waals surface area contributed by atoms with E-state index in [1.165, 1.54) is 0 Å². The Labute approximate surface area is 48.5 Å². The summed E-state index contributed by atoms with van der Waals surface area (Å²) in [5.41, 5.74) is 0. The Balaban J connectivity index is 2.38. The molecule has 8 heavy (non-hydrogen) atoms. The fourth-order valence-corrected chi connectivity index (χ4v) is 1.03. The second-order valence-corrected chi connectivity index (χ2v) is 3.58. The molecule has 0 aromatic heterocycles. The van der Waals surface area contributed by atoms with Gasteiger partial charge in [0.05, 0.1) is 6.26 Å². The minimum atomic E-state index is -2.98. The van der Waals surface area contributed by atoms with Gasteiger partial charge in [-0.15, -0.1) is 4.83 Å². The molecule has 5 heteroatoms. The van der Waals surface area contributed by atoms with Crippen LogP contribution in [0.2, 0.25) is 0 Å². The van der Waals surface area contributed by atoms with Crippen molar-refractivity contribution >= 4 is 10.0 Å². The first-order chi connectivity index (χ1) is 3.58. The first kappa shape index (κ1) is 6.00. The van der Waals surface area contributed by atoms with Crippen molar-refractivity contribution in [2.24, 2.45) is 0 Å². The van der Waals surface area contributed by atoms with E-state index in [0.717, 1.165) is 19.3 Å². The molecule has 1 heterocycles. The molecule has 0 spiro atoms. The number of hydrogen-bond acceptors (Lipinski definition) is 3. The van der Waals surface area contributed by atoms with Gasteiger partial charge in [0.25, 0.3) is 0 Å². The summed E-state index contributed by atoms with van der Waals surface area (Å²) in [7, 11) is -2.98. The third-order valence-corrected chi connectivity index (χ3v) is 1.33. The highest BCUT2D eigenvalue weighted by Crippen LogP contribution is 1.97. The molecule has 0 aliphatic carbocycles. The van der Waals surface area contributed by atoms with Gasteiger partial charge >= 0.3 is 0 Å². The molecule has 1 rings (SSSR count). The number of sulfonamides is 1. The third-order valence-electron chi connectivity index (χ3n) is 0.742. The van der Waals surface area contributed by atoms with Crippen LogP contribution in [-0.2, 0) is 10.0 Å². The zero-order valence-electron chi connectivity index (χ0n) is 4.59. The van der Waals surface area contributed by atoms with Crippen molar-refractivity contribution < 1.29 is 8.42 Å². The van der Waals surface area contributed by atoms with Crippen LogP contribution in [0.15, 0.2) is 0 Å². The van der Waals surface area contributed by atoms with Crippen molar-refractivity contribution in [1.29, 1.82) is 0 Å². The molecule has 4 nitrogen and oxygen atoms in total. The highest BCUT2D eigenvalue weighted by Gasteiger charge is 2.20. The monoisotopic (exact) mass is 136 g/mol. The second-order valence-electron chi connectivity index (χ2n) is 1.85. The highest BCUT2D eigenvalue weighted by molar-refractivity contribution is 7.88. The van der Waals surface area contributed by atoms with E-state index in [0.29, 0.717) is 0 Å². The Morgan fingerprint density at radius 2 is 2.00 bits per heavy atom. The molecule has 48 valence electrons. The first-order valence-electron chi connectivity index (χ1n) is 2.30. The van der Waals surface area contributed by atoms with Crippen LogP contribution in [0.1, 0.15) is 0 Å². The van der Waals surface area contributed by atoms with Crippen molar-refractivity contribution in [2.45, 2.75) is 0 Å². The molecule has 1 fully saturated rings. The number of nitrogens with one attached hydrogen (secondary N) is 1. The summed E-state index contributed by atoms with van der Waals surface area (Å²) < 4.78 is 20.7. The Bertz CT molecular complexity index is 170. The summed E-state index contributed by atoms with van der Waals surface area (Å²) in [6.07, 6.45) is 1.14. The van der Waals surface area contributed by atoms with Gasteiger partial charge in [0.1, 0.15) is 0 Å². The van der Waals surface area contributed by atoms with Crippen LogP contribution in [-0.4, -0.2) is 32.8 Å². The van der Waals surface area contributed by atoms with E-state index in [9.17, 15) is 8.42 Å². The van der Waals surface area contributed by atoms with Gasteiger partial charge in [0.2, 0.25) is 10.0 Å². The molecule has 0 atom stereocenters. The van der Waals surface area contributed by atoms with E-state index in [1.54, 1.807) is 5.01 Å². The van der Waals surface area contributed by atoms with Crippen LogP contribution in [0, 0.1) is 0 Å². The predicted octanol–water partition coefficient (Wildman–Crippen LogP) is -1.23. The normalized spacial score (nSPS) is 21.1. The van der Waals surface area contributed by atoms with Crippen LogP contribution in [0.5, 0.6) is 0 Å². The standard InChI is InChI=1S/C3H8N2O2S/c1-8(6,7)4-5-2-3-5/h4H,2-3H2,1H3. The van der Waals surface area contributed by atoms with Crippen molar-refractivity contribution in [3.05, 3.63) is 0 Å². The highest BCUT2D eigenvalue weighted by atomic mass is 32.2. The second kappa shape index (κ2) is 1.68. The average molecular weight is 136 g/mol. The topological polar surface area (TPSA) is 49.2 Å². The lowest BCUT2D eigenvalue weighted by Crippen LogP contribution is -2.27. The molecular weight excluding hydrogens is 128 g/mol. The summed E-state index contributed by atoms with van der Waals surface area (Å²) in [5, 5.41) is 1.62. The lowest BCUT2D eigenvalue weighted by molar-refractivity contribution is 0.488. The van der Waals surface area contributed by atoms with Crippen LogP contribution in [0.25, 0.3) is 0 Å². The molecule has 0 aromatic carbocycles. The van der Waals surface area contributed by atoms with Crippen LogP contribution in [0.4, 0.5) is 0 Å². The van der Waals surface area contributed by atoms with E-state index in [2.05, 4.69) is 4.83 Å². The van der Waals surface area contributed by atoms with Gasteiger partial charge in [-0.2, -0.15) is 0 Å². The third kappa shape index (κ3) is 2.25. The predicted molar refractivity (Wildman–Crippen MR) is 29.6 cm³/mol. The van der Waals surface area contributed by atoms with Gasteiger partial charge in [-0.3, -0.25) is 0 Å². The lowest BCUT2D eigenvalue weighted by atomic mass is 11.0. The molecule has 0 aromatic rings. The van der Waals surface area contributed by atoms with E-state index in [4.69, 9.17) is 0 Å². The van der Waals surface area contributed by atoms with Gasteiger partial charge in [-0.1, -0.05) is 0 Å². The number of rotatable bonds is 2. The quantitative estimate of drug-likeness (QED) is 0.483. The van der Waals surface area contributed by atoms with Crippen molar-refractivity contribution in [2.75, 3.05) is 19.3 Å². The zero-order chi connectivity index (χ0) is 6.20. The molecule has 0 bridgehead atoms. The molecule has 1 aliphatic heterocycles. The van der Waals surface area contributed by atoms with Gasteiger partial charge in [-0.25, -0.2) is 13.4 Å². The van der Waals surface area contributed by atoms with E-state index >= 15 is 0 Å². The molecular formula is C3H8N2O2S. The fourth-order valence-electron chi connectivity index (χ4n) is 0.376. The van der Waals surface area contributed by atoms with Crippen LogP contribution < -0.4 is 4.83 Å². The summed E-state index contributed by atoms with van der Waals surface area (Å²) >= 11 is 0. The molecule has 0 saturated carbocycles. The molecule has 0 radical (unpaired) electrons. The van der Waals surface area contributed by atoms with E-state index in [-0.39, 0.29) is 0 Å². The fraction of sp³-hybridized carbons (Fsp3) is 1.00. The van der Waals surface area contributed by atoms with Crippen LogP contribution in [0.3, 0.4) is 0 Å². The van der Waals surface area contributed by atoms with Crippen molar-refractivity contribution in [3.63, 3.8) is 0 Å². The Morgan fingerprint density at radius 1 is 1.50 bits per heavy atom. The average Bonchev–Trinajstić information content (AvgIpc) is 2.12. The molecule has 0 unspecified atom stereocenters. The SMILES string of the molecule is CS(=O)(=O)NN1CC1. The zero-order valence-corrected chi connectivity index (χ0v) is 5.40. The minimum Gasteiger partial charge on any atom is -0.228 e. The van der Waals surface area contributed by atoms with Gasteiger partial charge in [0, 0.05) is 13.1 Å². The lowest BCUT2D eigenvalue weighted by Gasteiger charge is -1.97. The van der Waals surface area contributed by atoms with Crippen molar-refractivity contribution in [3.8, 4) is 0 Å². The Morgan fingerprint density at radius 3 is 2.12 bits per heavy atom. The summed E-state index contributed by atoms with van der Waals surface area (Å²) in [6.45, 7) is 1.68. The summed E-state index contributed by atoms with van der Waals surface area (Å²) in [4.78, 5) is 2.30. The first-order valence-corrected chi connectivity index (χ1v) is 4.19. The maximum atomic E-state index is 10.3. The van der Waals surface area contributed by atoms with E-state index < -0.39 is 10.0 Å². The summed E-state index contributed by atoms with van der Waals surface area (Å²) in [5.74, 6) is 0. The van der Waals surface area contributed by atoms with Gasteiger partial charge in [0.15, 0.2) is 0 Å². The largest absolute Gasteiger partial charge is 0.228 e. The van der Waals surface area contributed by atoms with Crippen LogP contribution >= 0.6 is 0 Å². The molecule has 0 amide bonds. The Kier molecular flexibility index (Phi) is 1.26. The smallest absolute Gasteiger partial charge is 0.221 e. The number of hydrazine groups is 1. The minimum absolute atomic E-state index is 0.840. The number of nitrogens with zero attached hydrogens (tertiary/aromatic N) is 1. The van der Waals surface area contributed by atoms with Crippen molar-refractivity contribution in [1.82, 2.24) is 9.84 Å². The number of hydrogen-bond donors (Lipinski definition) is 1. The molecule has 1 saturated heterocycles. The maximum Gasteiger partial charge on any atom is 0.221 e. The molecule has 1 aliphatic rings. The van der Waals surface area contributed by atoms with E-state index in [1.807, 2.05) is 0 Å².